The Hall–Kier alpha value is -1.84. The molecule has 0 heterocycles. The van der Waals surface area contributed by atoms with Crippen LogP contribution < -0.4 is 0 Å². The van der Waals surface area contributed by atoms with Gasteiger partial charge in [0.15, 0.2) is 0 Å². The van der Waals surface area contributed by atoms with Gasteiger partial charge in [-0.25, -0.2) is 4.79 Å². The number of carbonyl (C=O) groups is 1. The Morgan fingerprint density at radius 3 is 2.43 bits per heavy atom. The molecule has 0 bridgehead atoms. The Morgan fingerprint density at radius 1 is 1.29 bits per heavy atom. The number of hydrogen-bond acceptors (Lipinski definition) is 4. The fourth-order valence-electron chi connectivity index (χ4n) is 0.937. The molecular formula is C10H11NO3. The van der Waals surface area contributed by atoms with Crippen molar-refractivity contribution in [3.05, 3.63) is 35.4 Å². The molecule has 0 amide bonds. The van der Waals surface area contributed by atoms with E-state index in [0.717, 1.165) is 5.56 Å². The van der Waals surface area contributed by atoms with Gasteiger partial charge in [0.05, 0.1) is 18.9 Å². The van der Waals surface area contributed by atoms with Crippen LogP contribution in [0.5, 0.6) is 0 Å². The van der Waals surface area contributed by atoms with Crippen LogP contribution in [0.4, 0.5) is 0 Å². The van der Waals surface area contributed by atoms with E-state index in [-0.39, 0.29) is 5.97 Å². The van der Waals surface area contributed by atoms with E-state index in [4.69, 9.17) is 0 Å². The molecule has 4 nitrogen and oxygen atoms in total. The molecule has 0 N–H and O–H groups in total. The summed E-state index contributed by atoms with van der Waals surface area (Å²) in [7, 11) is 2.82. The number of oxime groups is 1. The second-order valence-electron chi connectivity index (χ2n) is 2.53. The molecule has 0 aliphatic carbocycles. The van der Waals surface area contributed by atoms with Crippen LogP contribution in [0.15, 0.2) is 29.4 Å². The zero-order valence-corrected chi connectivity index (χ0v) is 8.06. The minimum Gasteiger partial charge on any atom is -0.465 e. The standard InChI is InChI=1S/C10H11NO3/c1-13-10(12)9-5-3-8(4-6-9)7-11-14-2/h3-7H,1-2H3/b11-7+. The molecule has 0 unspecified atom stereocenters. The maximum atomic E-state index is 11.1. The summed E-state index contributed by atoms with van der Waals surface area (Å²) in [5, 5.41) is 3.60. The van der Waals surface area contributed by atoms with E-state index in [1.165, 1.54) is 14.2 Å². The third-order valence-corrected chi connectivity index (χ3v) is 1.64. The van der Waals surface area contributed by atoms with Gasteiger partial charge in [-0.2, -0.15) is 0 Å². The minimum absolute atomic E-state index is 0.347. The molecule has 0 aliphatic rings. The van der Waals surface area contributed by atoms with Crippen LogP contribution in [0.25, 0.3) is 0 Å². The van der Waals surface area contributed by atoms with Crippen molar-refractivity contribution in [3.8, 4) is 0 Å². The quantitative estimate of drug-likeness (QED) is 0.414. The van der Waals surface area contributed by atoms with Gasteiger partial charge >= 0.3 is 5.97 Å². The maximum absolute atomic E-state index is 11.1. The lowest BCUT2D eigenvalue weighted by Gasteiger charge is -1.98. The first-order valence-corrected chi connectivity index (χ1v) is 4.03. The molecule has 0 aliphatic heterocycles. The van der Waals surface area contributed by atoms with Crippen molar-refractivity contribution < 1.29 is 14.4 Å². The SMILES string of the molecule is CO/N=C/c1ccc(C(=O)OC)cc1. The van der Waals surface area contributed by atoms with Crippen molar-refractivity contribution in [2.45, 2.75) is 0 Å². The second kappa shape index (κ2) is 5.01. The van der Waals surface area contributed by atoms with Crippen LogP contribution in [0, 0.1) is 0 Å². The number of rotatable bonds is 3. The molecule has 1 rings (SSSR count). The predicted octanol–water partition coefficient (Wildman–Crippen LogP) is 1.45. The fraction of sp³-hybridized carbons (Fsp3) is 0.200. The molecule has 0 spiro atoms. The molecule has 74 valence electrons. The van der Waals surface area contributed by atoms with Crippen molar-refractivity contribution >= 4 is 12.2 Å². The molecule has 0 saturated heterocycles. The van der Waals surface area contributed by atoms with Gasteiger partial charge in [-0.3, -0.25) is 0 Å². The van der Waals surface area contributed by atoms with E-state index in [9.17, 15) is 4.79 Å². The average Bonchev–Trinajstić information content (AvgIpc) is 2.26. The van der Waals surface area contributed by atoms with Gasteiger partial charge < -0.3 is 9.57 Å². The van der Waals surface area contributed by atoms with E-state index < -0.39 is 0 Å². The second-order valence-corrected chi connectivity index (χ2v) is 2.53. The van der Waals surface area contributed by atoms with E-state index in [2.05, 4.69) is 14.7 Å². The molecule has 0 radical (unpaired) electrons. The van der Waals surface area contributed by atoms with Gasteiger partial charge in [0.1, 0.15) is 7.11 Å². The van der Waals surface area contributed by atoms with E-state index in [1.807, 2.05) is 0 Å². The first kappa shape index (κ1) is 10.2. The molecule has 0 saturated carbocycles. The van der Waals surface area contributed by atoms with Gasteiger partial charge in [-0.15, -0.1) is 0 Å². The molecule has 1 aromatic rings. The number of ether oxygens (including phenoxy) is 1. The van der Waals surface area contributed by atoms with Gasteiger partial charge in [0, 0.05) is 0 Å². The first-order chi connectivity index (χ1) is 6.77. The van der Waals surface area contributed by atoms with Crippen molar-refractivity contribution in [2.24, 2.45) is 5.16 Å². The van der Waals surface area contributed by atoms with Crippen LogP contribution in [0.2, 0.25) is 0 Å². The fourth-order valence-corrected chi connectivity index (χ4v) is 0.937. The smallest absolute Gasteiger partial charge is 0.337 e. The highest BCUT2D eigenvalue weighted by molar-refractivity contribution is 5.90. The maximum Gasteiger partial charge on any atom is 0.337 e. The van der Waals surface area contributed by atoms with Crippen LogP contribution in [0.3, 0.4) is 0 Å². The Labute approximate surface area is 82.1 Å². The van der Waals surface area contributed by atoms with Crippen molar-refractivity contribution in [2.75, 3.05) is 14.2 Å². The van der Waals surface area contributed by atoms with Crippen LogP contribution in [-0.2, 0) is 9.57 Å². The van der Waals surface area contributed by atoms with Crippen molar-refractivity contribution in [3.63, 3.8) is 0 Å². The molecular weight excluding hydrogens is 182 g/mol. The molecule has 14 heavy (non-hydrogen) atoms. The van der Waals surface area contributed by atoms with E-state index in [1.54, 1.807) is 30.5 Å². The summed E-state index contributed by atoms with van der Waals surface area (Å²) >= 11 is 0. The number of esters is 1. The Morgan fingerprint density at radius 2 is 1.93 bits per heavy atom. The summed E-state index contributed by atoms with van der Waals surface area (Å²) in [4.78, 5) is 15.6. The third-order valence-electron chi connectivity index (χ3n) is 1.64. The number of hydrogen-bond donors (Lipinski definition) is 0. The molecule has 0 fully saturated rings. The number of methoxy groups -OCH3 is 1. The highest BCUT2D eigenvalue weighted by Crippen LogP contribution is 2.03. The number of benzene rings is 1. The lowest BCUT2D eigenvalue weighted by atomic mass is 10.1. The Kier molecular flexibility index (Phi) is 3.67. The summed E-state index contributed by atoms with van der Waals surface area (Å²) < 4.78 is 4.56. The lowest BCUT2D eigenvalue weighted by Crippen LogP contribution is -2.00. The Bertz CT molecular complexity index is 330. The van der Waals surface area contributed by atoms with E-state index in [0.29, 0.717) is 5.56 Å². The number of nitrogens with zero attached hydrogens (tertiary/aromatic N) is 1. The zero-order chi connectivity index (χ0) is 10.4. The number of carbonyl (C=O) groups excluding carboxylic acids is 1. The van der Waals surface area contributed by atoms with Crippen LogP contribution >= 0.6 is 0 Å². The predicted molar refractivity (Wildman–Crippen MR) is 52.4 cm³/mol. The summed E-state index contributed by atoms with van der Waals surface area (Å²) in [6.07, 6.45) is 1.56. The summed E-state index contributed by atoms with van der Waals surface area (Å²) in [6.45, 7) is 0. The molecule has 0 aromatic heterocycles. The van der Waals surface area contributed by atoms with Crippen LogP contribution in [0.1, 0.15) is 15.9 Å². The van der Waals surface area contributed by atoms with E-state index >= 15 is 0 Å². The highest BCUT2D eigenvalue weighted by atomic mass is 16.6. The minimum atomic E-state index is -0.347. The molecule has 1 aromatic carbocycles. The first-order valence-electron chi connectivity index (χ1n) is 4.03. The van der Waals surface area contributed by atoms with Gasteiger partial charge in [-0.05, 0) is 17.7 Å². The Balaban J connectivity index is 2.78. The van der Waals surface area contributed by atoms with Crippen LogP contribution in [-0.4, -0.2) is 26.4 Å². The van der Waals surface area contributed by atoms with Gasteiger partial charge in [0.25, 0.3) is 0 Å². The largest absolute Gasteiger partial charge is 0.465 e. The summed E-state index contributed by atoms with van der Waals surface area (Å²) in [5.41, 5.74) is 1.38. The monoisotopic (exact) mass is 193 g/mol. The molecule has 0 atom stereocenters. The molecule has 4 heteroatoms. The van der Waals surface area contributed by atoms with Gasteiger partial charge in [-0.1, -0.05) is 17.3 Å². The summed E-state index contributed by atoms with van der Waals surface area (Å²) in [5.74, 6) is -0.347. The van der Waals surface area contributed by atoms with Gasteiger partial charge in [0.2, 0.25) is 0 Å². The third kappa shape index (κ3) is 2.58. The highest BCUT2D eigenvalue weighted by Gasteiger charge is 2.02. The zero-order valence-electron chi connectivity index (χ0n) is 8.06. The topological polar surface area (TPSA) is 47.9 Å². The normalized spacial score (nSPS) is 10.1. The lowest BCUT2D eigenvalue weighted by molar-refractivity contribution is 0.0601. The van der Waals surface area contributed by atoms with Crippen molar-refractivity contribution in [1.29, 1.82) is 0 Å². The summed E-state index contributed by atoms with van der Waals surface area (Å²) in [6, 6.07) is 6.86. The average molecular weight is 193 g/mol. The van der Waals surface area contributed by atoms with Crippen molar-refractivity contribution in [1.82, 2.24) is 0 Å².